The Balaban J connectivity index is 2.25. The van der Waals surface area contributed by atoms with Crippen LogP contribution < -0.4 is 0 Å². The van der Waals surface area contributed by atoms with Gasteiger partial charge < -0.3 is 0 Å². The molecule has 2 rings (SSSR count). The first-order valence-corrected chi connectivity index (χ1v) is 6.15. The third-order valence-electron chi connectivity index (χ3n) is 3.34. The van der Waals surface area contributed by atoms with Gasteiger partial charge in [-0.25, -0.2) is 0 Å². The van der Waals surface area contributed by atoms with Crippen LogP contribution in [-0.2, 0) is 9.59 Å². The summed E-state index contributed by atoms with van der Waals surface area (Å²) in [6, 6.07) is 6.98. The third-order valence-corrected chi connectivity index (χ3v) is 3.34. The molecule has 1 aliphatic carbocycles. The van der Waals surface area contributed by atoms with Crippen molar-refractivity contribution in [2.24, 2.45) is 11.8 Å². The van der Waals surface area contributed by atoms with Crippen LogP contribution in [-0.4, -0.2) is 17.3 Å². The number of rotatable bonds is 2. The molecule has 1 aromatic rings. The monoisotopic (exact) mass is 244 g/mol. The van der Waals surface area contributed by atoms with Gasteiger partial charge in [0.15, 0.2) is 17.3 Å². The minimum Gasteiger partial charge on any atom is -0.298 e. The lowest BCUT2D eigenvalue weighted by Gasteiger charge is -2.22. The van der Waals surface area contributed by atoms with Gasteiger partial charge in [0, 0.05) is 18.4 Å². The zero-order valence-electron chi connectivity index (χ0n) is 10.6. The van der Waals surface area contributed by atoms with Gasteiger partial charge in [0.2, 0.25) is 0 Å². The number of hydrogen-bond donors (Lipinski definition) is 0. The smallest absolute Gasteiger partial charge is 0.180 e. The Kier molecular flexibility index (Phi) is 3.41. The topological polar surface area (TPSA) is 51.2 Å². The van der Waals surface area contributed by atoms with Crippen molar-refractivity contribution in [2.45, 2.75) is 26.7 Å². The molecule has 0 bridgehead atoms. The molecule has 1 fully saturated rings. The zero-order valence-corrected chi connectivity index (χ0v) is 10.6. The molecule has 0 spiro atoms. The predicted molar refractivity (Wildman–Crippen MR) is 67.4 cm³/mol. The highest BCUT2D eigenvalue weighted by Gasteiger charge is 2.38. The fourth-order valence-corrected chi connectivity index (χ4v) is 2.35. The van der Waals surface area contributed by atoms with Crippen molar-refractivity contribution in [1.29, 1.82) is 0 Å². The molecule has 0 unspecified atom stereocenters. The second kappa shape index (κ2) is 4.84. The molecule has 0 N–H and O–H groups in total. The number of aryl methyl sites for hydroxylation is 1. The maximum Gasteiger partial charge on any atom is 0.180 e. The summed E-state index contributed by atoms with van der Waals surface area (Å²) >= 11 is 0. The van der Waals surface area contributed by atoms with Crippen molar-refractivity contribution in [3.8, 4) is 0 Å². The highest BCUT2D eigenvalue weighted by atomic mass is 16.2. The number of ketones is 3. The van der Waals surface area contributed by atoms with E-state index in [1.165, 1.54) is 0 Å². The third kappa shape index (κ3) is 2.40. The molecule has 1 aliphatic rings. The van der Waals surface area contributed by atoms with Gasteiger partial charge in [0.1, 0.15) is 5.92 Å². The van der Waals surface area contributed by atoms with E-state index < -0.39 is 5.92 Å². The second-order valence-electron chi connectivity index (χ2n) is 5.11. The second-order valence-corrected chi connectivity index (χ2v) is 5.11. The summed E-state index contributed by atoms with van der Waals surface area (Å²) in [7, 11) is 0. The van der Waals surface area contributed by atoms with E-state index in [4.69, 9.17) is 0 Å². The van der Waals surface area contributed by atoms with Crippen molar-refractivity contribution in [2.75, 3.05) is 0 Å². The molecule has 0 aromatic heterocycles. The van der Waals surface area contributed by atoms with E-state index in [9.17, 15) is 14.4 Å². The van der Waals surface area contributed by atoms with Crippen LogP contribution in [0.4, 0.5) is 0 Å². The van der Waals surface area contributed by atoms with Crippen LogP contribution >= 0.6 is 0 Å². The summed E-state index contributed by atoms with van der Waals surface area (Å²) in [4.78, 5) is 35.9. The molecule has 3 nitrogen and oxygen atoms in total. The molecule has 0 amide bonds. The van der Waals surface area contributed by atoms with Crippen LogP contribution in [0.15, 0.2) is 24.3 Å². The Morgan fingerprint density at radius 2 is 1.56 bits per heavy atom. The SMILES string of the molecule is Cc1ccc(C(=O)C2C(=O)CC(C)CC2=O)cc1. The van der Waals surface area contributed by atoms with Gasteiger partial charge in [-0.1, -0.05) is 36.8 Å². The van der Waals surface area contributed by atoms with E-state index in [1.807, 2.05) is 26.0 Å². The van der Waals surface area contributed by atoms with Crippen molar-refractivity contribution in [1.82, 2.24) is 0 Å². The molecular weight excluding hydrogens is 228 g/mol. The summed E-state index contributed by atoms with van der Waals surface area (Å²) in [5.74, 6) is -1.82. The van der Waals surface area contributed by atoms with E-state index in [0.29, 0.717) is 18.4 Å². The summed E-state index contributed by atoms with van der Waals surface area (Å²) in [5.41, 5.74) is 1.49. The van der Waals surface area contributed by atoms with Crippen LogP contribution in [0.25, 0.3) is 0 Å². The number of Topliss-reactive ketones (excluding diaryl/α,β-unsaturated/α-hetero) is 3. The van der Waals surface area contributed by atoms with E-state index >= 15 is 0 Å². The molecule has 0 heterocycles. The normalized spacial score (nSPS) is 24.1. The minimum atomic E-state index is -1.07. The van der Waals surface area contributed by atoms with Crippen molar-refractivity contribution < 1.29 is 14.4 Å². The van der Waals surface area contributed by atoms with Gasteiger partial charge >= 0.3 is 0 Å². The quantitative estimate of drug-likeness (QED) is 0.592. The minimum absolute atomic E-state index is 0.0621. The predicted octanol–water partition coefficient (Wildman–Crippen LogP) is 2.36. The molecule has 94 valence electrons. The van der Waals surface area contributed by atoms with Gasteiger partial charge in [0.05, 0.1) is 0 Å². The van der Waals surface area contributed by atoms with Gasteiger partial charge in [-0.15, -0.1) is 0 Å². The molecule has 3 heteroatoms. The van der Waals surface area contributed by atoms with E-state index in [-0.39, 0.29) is 23.3 Å². The Morgan fingerprint density at radius 3 is 2.06 bits per heavy atom. The van der Waals surface area contributed by atoms with E-state index in [2.05, 4.69) is 0 Å². The van der Waals surface area contributed by atoms with Gasteiger partial charge in [-0.3, -0.25) is 14.4 Å². The zero-order chi connectivity index (χ0) is 13.3. The Hall–Kier alpha value is -1.77. The molecule has 0 saturated heterocycles. The highest BCUT2D eigenvalue weighted by molar-refractivity contribution is 6.25. The van der Waals surface area contributed by atoms with Crippen LogP contribution in [0.1, 0.15) is 35.7 Å². The largest absolute Gasteiger partial charge is 0.298 e. The maximum atomic E-state index is 12.2. The van der Waals surface area contributed by atoms with Crippen LogP contribution in [0.2, 0.25) is 0 Å². The van der Waals surface area contributed by atoms with Gasteiger partial charge in [-0.2, -0.15) is 0 Å². The van der Waals surface area contributed by atoms with Crippen molar-refractivity contribution in [3.05, 3.63) is 35.4 Å². The molecular formula is C15H16O3. The number of benzene rings is 1. The van der Waals surface area contributed by atoms with Crippen LogP contribution in [0.5, 0.6) is 0 Å². The molecule has 0 atom stereocenters. The van der Waals surface area contributed by atoms with Gasteiger partial charge in [-0.05, 0) is 12.8 Å². The average molecular weight is 244 g/mol. The summed E-state index contributed by atoms with van der Waals surface area (Å²) in [6.07, 6.45) is 0.655. The molecule has 1 saturated carbocycles. The average Bonchev–Trinajstić information content (AvgIpc) is 2.28. The summed E-state index contributed by atoms with van der Waals surface area (Å²) < 4.78 is 0. The molecule has 1 aromatic carbocycles. The van der Waals surface area contributed by atoms with Crippen LogP contribution in [0.3, 0.4) is 0 Å². The molecule has 18 heavy (non-hydrogen) atoms. The fourth-order valence-electron chi connectivity index (χ4n) is 2.35. The Bertz CT molecular complexity index is 481. The van der Waals surface area contributed by atoms with Crippen molar-refractivity contribution >= 4 is 17.3 Å². The number of carbonyl (C=O) groups is 3. The lowest BCUT2D eigenvalue weighted by molar-refractivity contribution is -0.134. The lowest BCUT2D eigenvalue weighted by atomic mass is 9.77. The Labute approximate surface area is 106 Å². The van der Waals surface area contributed by atoms with Crippen LogP contribution in [0, 0.1) is 18.8 Å². The first-order valence-electron chi connectivity index (χ1n) is 6.15. The fraction of sp³-hybridized carbons (Fsp3) is 0.400. The highest BCUT2D eigenvalue weighted by Crippen LogP contribution is 2.25. The summed E-state index contributed by atoms with van der Waals surface area (Å²) in [5, 5.41) is 0. The maximum absolute atomic E-state index is 12.2. The lowest BCUT2D eigenvalue weighted by Crippen LogP contribution is -2.38. The first kappa shape index (κ1) is 12.7. The van der Waals surface area contributed by atoms with E-state index in [0.717, 1.165) is 5.56 Å². The van der Waals surface area contributed by atoms with Gasteiger partial charge in [0.25, 0.3) is 0 Å². The Morgan fingerprint density at radius 1 is 1.06 bits per heavy atom. The first-order chi connectivity index (χ1) is 8.49. The standard InChI is InChI=1S/C15H16O3/c1-9-3-5-11(6-4-9)15(18)14-12(16)7-10(2)8-13(14)17/h3-6,10,14H,7-8H2,1-2H3. The number of carbonyl (C=O) groups excluding carboxylic acids is 3. The van der Waals surface area contributed by atoms with E-state index in [1.54, 1.807) is 12.1 Å². The number of hydrogen-bond acceptors (Lipinski definition) is 3. The molecule has 0 aliphatic heterocycles. The van der Waals surface area contributed by atoms with Crippen molar-refractivity contribution in [3.63, 3.8) is 0 Å². The molecule has 0 radical (unpaired) electrons. The summed E-state index contributed by atoms with van der Waals surface area (Å²) in [6.45, 7) is 3.79.